The fourth-order valence-corrected chi connectivity index (χ4v) is 1.68. The van der Waals surface area contributed by atoms with E-state index in [9.17, 15) is 4.79 Å². The molecule has 3 atom stereocenters. The maximum Gasteiger partial charge on any atom is 0.248 e. The van der Waals surface area contributed by atoms with Gasteiger partial charge in [0.15, 0.2) is 0 Å². The quantitative estimate of drug-likeness (QED) is 0.656. The van der Waals surface area contributed by atoms with Crippen LogP contribution in [0.1, 0.15) is 26.2 Å². The Hall–Kier alpha value is -0.610. The second kappa shape index (κ2) is 4.58. The van der Waals surface area contributed by atoms with Crippen LogP contribution >= 0.6 is 0 Å². The van der Waals surface area contributed by atoms with Gasteiger partial charge in [0.1, 0.15) is 6.10 Å². The molecular weight excluding hydrogens is 170 g/mol. The van der Waals surface area contributed by atoms with Crippen LogP contribution in [-0.2, 0) is 9.53 Å². The van der Waals surface area contributed by atoms with Crippen LogP contribution in [0.3, 0.4) is 0 Å². The van der Waals surface area contributed by atoms with Crippen LogP contribution in [0.5, 0.6) is 0 Å². The van der Waals surface area contributed by atoms with Crippen molar-refractivity contribution in [1.29, 1.82) is 0 Å². The van der Waals surface area contributed by atoms with E-state index in [0.29, 0.717) is 0 Å². The van der Waals surface area contributed by atoms with E-state index in [1.165, 1.54) is 6.92 Å². The highest BCUT2D eigenvalue weighted by Gasteiger charge is 2.28. The summed E-state index contributed by atoms with van der Waals surface area (Å²) in [5.41, 5.74) is 0. The largest absolute Gasteiger partial charge is 0.384 e. The van der Waals surface area contributed by atoms with Gasteiger partial charge in [-0.2, -0.15) is 0 Å². The second-order valence-electron chi connectivity index (χ2n) is 3.50. The Kier molecular flexibility index (Phi) is 3.69. The molecule has 4 heteroatoms. The van der Waals surface area contributed by atoms with Gasteiger partial charge in [-0.05, 0) is 26.2 Å². The van der Waals surface area contributed by atoms with Gasteiger partial charge in [-0.3, -0.25) is 4.79 Å². The molecular formula is C9H17NO3. The number of rotatable bonds is 3. The van der Waals surface area contributed by atoms with E-state index in [1.807, 2.05) is 0 Å². The van der Waals surface area contributed by atoms with Crippen LogP contribution in [0.25, 0.3) is 0 Å². The van der Waals surface area contributed by atoms with Crippen LogP contribution in [0.4, 0.5) is 0 Å². The predicted molar refractivity (Wildman–Crippen MR) is 48.3 cm³/mol. The number of nitrogens with one attached hydrogen (secondary N) is 1. The van der Waals surface area contributed by atoms with Gasteiger partial charge in [-0.25, -0.2) is 0 Å². The molecule has 1 fully saturated rings. The predicted octanol–water partition coefficient (Wildman–Crippen LogP) is 0.0509. The van der Waals surface area contributed by atoms with Gasteiger partial charge >= 0.3 is 0 Å². The van der Waals surface area contributed by atoms with Crippen molar-refractivity contribution < 1.29 is 14.6 Å². The van der Waals surface area contributed by atoms with Crippen LogP contribution in [0.2, 0.25) is 0 Å². The third-order valence-electron chi connectivity index (χ3n) is 2.46. The minimum Gasteiger partial charge on any atom is -0.384 e. The van der Waals surface area contributed by atoms with Crippen LogP contribution in [0, 0.1) is 0 Å². The summed E-state index contributed by atoms with van der Waals surface area (Å²) in [5.74, 6) is -0.311. The molecule has 76 valence electrons. The van der Waals surface area contributed by atoms with E-state index >= 15 is 0 Å². The maximum atomic E-state index is 11.1. The molecule has 1 aliphatic rings. The zero-order valence-corrected chi connectivity index (χ0v) is 8.12. The normalized spacial score (nSPS) is 30.1. The molecule has 2 N–H and O–H groups in total. The van der Waals surface area contributed by atoms with Gasteiger partial charge in [0.2, 0.25) is 5.91 Å². The highest BCUT2D eigenvalue weighted by atomic mass is 16.5. The summed E-state index contributed by atoms with van der Waals surface area (Å²) in [7, 11) is 1.65. The first kappa shape index (κ1) is 10.5. The summed E-state index contributed by atoms with van der Waals surface area (Å²) in [5, 5.41) is 11.8. The molecule has 0 heterocycles. The smallest absolute Gasteiger partial charge is 0.248 e. The zero-order valence-electron chi connectivity index (χ0n) is 8.12. The van der Waals surface area contributed by atoms with Crippen molar-refractivity contribution >= 4 is 5.91 Å². The van der Waals surface area contributed by atoms with E-state index in [2.05, 4.69) is 5.32 Å². The standard InChI is InChI=1S/C9H17NO3/c1-6(11)9(12)10-7-4-3-5-8(7)13-2/h6-8,11H,3-5H2,1-2H3,(H,10,12)/t6-,7-,8-/m0/s1. The first-order chi connectivity index (χ1) is 6.15. The molecule has 13 heavy (non-hydrogen) atoms. The van der Waals surface area contributed by atoms with Gasteiger partial charge in [0.25, 0.3) is 0 Å². The number of aliphatic hydroxyl groups is 1. The van der Waals surface area contributed by atoms with Crippen LogP contribution in [0.15, 0.2) is 0 Å². The molecule has 4 nitrogen and oxygen atoms in total. The first-order valence-electron chi connectivity index (χ1n) is 4.66. The number of carbonyl (C=O) groups excluding carboxylic acids is 1. The summed E-state index contributed by atoms with van der Waals surface area (Å²) in [6.45, 7) is 1.46. The Balaban J connectivity index is 2.39. The lowest BCUT2D eigenvalue weighted by Crippen LogP contribution is -2.44. The number of methoxy groups -OCH3 is 1. The molecule has 0 bridgehead atoms. The summed E-state index contributed by atoms with van der Waals surface area (Å²) in [4.78, 5) is 11.1. The Morgan fingerprint density at radius 3 is 2.85 bits per heavy atom. The summed E-state index contributed by atoms with van der Waals surface area (Å²) in [6, 6.07) is 0.0760. The summed E-state index contributed by atoms with van der Waals surface area (Å²) >= 11 is 0. The van der Waals surface area contributed by atoms with E-state index < -0.39 is 6.10 Å². The number of amides is 1. The topological polar surface area (TPSA) is 58.6 Å². The van der Waals surface area contributed by atoms with Crippen molar-refractivity contribution in [3.05, 3.63) is 0 Å². The number of hydrogen-bond donors (Lipinski definition) is 2. The van der Waals surface area contributed by atoms with Crippen molar-refractivity contribution in [3.8, 4) is 0 Å². The zero-order chi connectivity index (χ0) is 9.84. The molecule has 0 unspecified atom stereocenters. The molecule has 0 aromatic rings. The van der Waals surface area contributed by atoms with Gasteiger partial charge in [-0.1, -0.05) is 0 Å². The minimum absolute atomic E-state index is 0.0760. The molecule has 1 aliphatic carbocycles. The molecule has 0 aliphatic heterocycles. The fourth-order valence-electron chi connectivity index (χ4n) is 1.68. The fraction of sp³-hybridized carbons (Fsp3) is 0.889. The molecule has 0 aromatic carbocycles. The average molecular weight is 187 g/mol. The molecule has 0 saturated heterocycles. The Morgan fingerprint density at radius 1 is 1.62 bits per heavy atom. The molecule has 0 spiro atoms. The van der Waals surface area contributed by atoms with E-state index in [-0.39, 0.29) is 18.1 Å². The molecule has 1 amide bonds. The number of ether oxygens (including phenoxy) is 1. The lowest BCUT2D eigenvalue weighted by atomic mass is 10.2. The molecule has 1 saturated carbocycles. The van der Waals surface area contributed by atoms with Crippen molar-refractivity contribution in [1.82, 2.24) is 5.32 Å². The van der Waals surface area contributed by atoms with Gasteiger partial charge in [-0.15, -0.1) is 0 Å². The second-order valence-corrected chi connectivity index (χ2v) is 3.50. The van der Waals surface area contributed by atoms with Gasteiger partial charge in [0.05, 0.1) is 12.1 Å². The molecule has 0 radical (unpaired) electrons. The van der Waals surface area contributed by atoms with Crippen molar-refractivity contribution in [2.75, 3.05) is 7.11 Å². The van der Waals surface area contributed by atoms with E-state index in [4.69, 9.17) is 9.84 Å². The average Bonchev–Trinajstić information content (AvgIpc) is 2.51. The molecule has 1 rings (SSSR count). The SMILES string of the molecule is CO[C@H]1CCC[C@@H]1NC(=O)[C@H](C)O. The highest BCUT2D eigenvalue weighted by Crippen LogP contribution is 2.21. The monoisotopic (exact) mass is 187 g/mol. The lowest BCUT2D eigenvalue weighted by molar-refractivity contribution is -0.130. The summed E-state index contributed by atoms with van der Waals surface area (Å²) < 4.78 is 5.21. The van der Waals surface area contributed by atoms with Crippen molar-refractivity contribution in [3.63, 3.8) is 0 Å². The van der Waals surface area contributed by atoms with E-state index in [1.54, 1.807) is 7.11 Å². The maximum absolute atomic E-state index is 11.1. The van der Waals surface area contributed by atoms with Gasteiger partial charge in [0, 0.05) is 7.11 Å². The van der Waals surface area contributed by atoms with Crippen molar-refractivity contribution in [2.24, 2.45) is 0 Å². The summed E-state index contributed by atoms with van der Waals surface area (Å²) in [6.07, 6.45) is 2.18. The van der Waals surface area contributed by atoms with E-state index in [0.717, 1.165) is 19.3 Å². The number of hydrogen-bond acceptors (Lipinski definition) is 3. The van der Waals surface area contributed by atoms with Gasteiger partial charge < -0.3 is 15.2 Å². The number of aliphatic hydroxyl groups excluding tert-OH is 1. The first-order valence-corrected chi connectivity index (χ1v) is 4.66. The number of carbonyl (C=O) groups is 1. The van der Waals surface area contributed by atoms with Crippen LogP contribution in [-0.4, -0.2) is 36.4 Å². The Morgan fingerprint density at radius 2 is 2.31 bits per heavy atom. The third-order valence-corrected chi connectivity index (χ3v) is 2.46. The highest BCUT2D eigenvalue weighted by molar-refractivity contribution is 5.80. The minimum atomic E-state index is -0.932. The molecule has 0 aromatic heterocycles. The Labute approximate surface area is 78.3 Å². The van der Waals surface area contributed by atoms with Crippen LogP contribution < -0.4 is 5.32 Å². The third kappa shape index (κ3) is 2.67. The Bertz CT molecular complexity index is 182. The van der Waals surface area contributed by atoms with Crippen molar-refractivity contribution in [2.45, 2.75) is 44.4 Å². The lowest BCUT2D eigenvalue weighted by Gasteiger charge is -2.20.